The number of aromatic nitrogens is 1. The minimum absolute atomic E-state index is 0.0721. The van der Waals surface area contributed by atoms with Crippen molar-refractivity contribution >= 4 is 17.9 Å². The number of aldehydes is 1. The summed E-state index contributed by atoms with van der Waals surface area (Å²) >= 11 is 0. The lowest BCUT2D eigenvalue weighted by Gasteiger charge is -2.03. The van der Waals surface area contributed by atoms with E-state index >= 15 is 0 Å². The average molecular weight is 230 g/mol. The predicted molar refractivity (Wildman–Crippen MR) is 62.2 cm³/mol. The van der Waals surface area contributed by atoms with Gasteiger partial charge in [-0.25, -0.2) is 0 Å². The van der Waals surface area contributed by atoms with Crippen molar-refractivity contribution in [3.05, 3.63) is 47.8 Å². The van der Waals surface area contributed by atoms with Crippen LogP contribution >= 0.6 is 0 Å². The van der Waals surface area contributed by atoms with Gasteiger partial charge in [0.2, 0.25) is 0 Å². The number of H-pyrrole nitrogens is 1. The Morgan fingerprint density at radius 1 is 1.29 bits per heavy atom. The smallest absolute Gasteiger partial charge is 0.272 e. The monoisotopic (exact) mass is 230 g/mol. The van der Waals surface area contributed by atoms with Gasteiger partial charge in [-0.3, -0.25) is 9.59 Å². The van der Waals surface area contributed by atoms with Crippen molar-refractivity contribution in [3.8, 4) is 5.75 Å². The first-order valence-corrected chi connectivity index (χ1v) is 4.93. The van der Waals surface area contributed by atoms with Gasteiger partial charge in [0.1, 0.15) is 11.4 Å². The number of amides is 1. The van der Waals surface area contributed by atoms with Crippen molar-refractivity contribution in [2.24, 2.45) is 0 Å². The maximum atomic E-state index is 11.7. The lowest BCUT2D eigenvalue weighted by atomic mass is 10.3. The molecule has 2 rings (SSSR count). The molecule has 0 bridgehead atoms. The molecule has 17 heavy (non-hydrogen) atoms. The molecule has 5 heteroatoms. The summed E-state index contributed by atoms with van der Waals surface area (Å²) in [6.07, 6.45) is 0.630. The normalized spacial score (nSPS) is 9.88. The van der Waals surface area contributed by atoms with E-state index in [4.69, 9.17) is 0 Å². The number of phenols is 1. The summed E-state index contributed by atoms with van der Waals surface area (Å²) in [6, 6.07) is 9.25. The standard InChI is InChI=1S/C12H10N2O3/c15-7-9-4-5-11(13-9)12(17)14-8-2-1-3-10(16)6-8/h1-7,13,16H,(H,14,17). The van der Waals surface area contributed by atoms with Gasteiger partial charge < -0.3 is 15.4 Å². The second kappa shape index (κ2) is 4.52. The summed E-state index contributed by atoms with van der Waals surface area (Å²) in [5.41, 5.74) is 1.11. The molecule has 0 saturated carbocycles. The summed E-state index contributed by atoms with van der Waals surface area (Å²) in [5.74, 6) is -0.299. The molecule has 2 aromatic rings. The minimum atomic E-state index is -0.372. The molecular formula is C12H10N2O3. The van der Waals surface area contributed by atoms with Gasteiger partial charge in [0.25, 0.3) is 5.91 Å². The van der Waals surface area contributed by atoms with Gasteiger partial charge in [-0.15, -0.1) is 0 Å². The quantitative estimate of drug-likeness (QED) is 0.703. The molecule has 0 spiro atoms. The van der Waals surface area contributed by atoms with Gasteiger partial charge in [-0.2, -0.15) is 0 Å². The van der Waals surface area contributed by atoms with Gasteiger partial charge in [0, 0.05) is 11.8 Å². The van der Waals surface area contributed by atoms with Crippen LogP contribution < -0.4 is 5.32 Å². The molecule has 0 atom stereocenters. The van der Waals surface area contributed by atoms with Crippen LogP contribution in [0.1, 0.15) is 21.0 Å². The number of aromatic amines is 1. The van der Waals surface area contributed by atoms with E-state index in [-0.39, 0.29) is 17.4 Å². The van der Waals surface area contributed by atoms with Crippen LogP contribution in [-0.4, -0.2) is 22.3 Å². The number of carbonyl (C=O) groups is 2. The molecule has 86 valence electrons. The Morgan fingerprint density at radius 3 is 2.76 bits per heavy atom. The first-order valence-electron chi connectivity index (χ1n) is 4.93. The average Bonchev–Trinajstić information content (AvgIpc) is 2.77. The van der Waals surface area contributed by atoms with Gasteiger partial charge >= 0.3 is 0 Å². The molecule has 3 N–H and O–H groups in total. The van der Waals surface area contributed by atoms with Gasteiger partial charge in [-0.1, -0.05) is 6.07 Å². The third-order valence-electron chi connectivity index (χ3n) is 2.18. The van der Waals surface area contributed by atoms with E-state index in [0.29, 0.717) is 17.7 Å². The fraction of sp³-hybridized carbons (Fsp3) is 0. The summed E-state index contributed by atoms with van der Waals surface area (Å²) in [6.45, 7) is 0. The highest BCUT2D eigenvalue weighted by Gasteiger charge is 2.08. The van der Waals surface area contributed by atoms with Gasteiger partial charge in [0.05, 0.1) is 5.69 Å². The van der Waals surface area contributed by atoms with Crippen LogP contribution in [0, 0.1) is 0 Å². The zero-order valence-electron chi connectivity index (χ0n) is 8.81. The van der Waals surface area contributed by atoms with Crippen LogP contribution in [0.4, 0.5) is 5.69 Å². The van der Waals surface area contributed by atoms with Crippen LogP contribution in [-0.2, 0) is 0 Å². The lowest BCUT2D eigenvalue weighted by Crippen LogP contribution is -2.12. The molecule has 1 aromatic heterocycles. The molecule has 0 saturated heterocycles. The fourth-order valence-electron chi connectivity index (χ4n) is 1.40. The number of anilines is 1. The number of phenolic OH excluding ortho intramolecular Hbond substituents is 1. The second-order valence-electron chi connectivity index (χ2n) is 3.45. The topological polar surface area (TPSA) is 82.2 Å². The number of nitrogens with one attached hydrogen (secondary N) is 2. The van der Waals surface area contributed by atoms with Gasteiger partial charge in [-0.05, 0) is 24.3 Å². The zero-order valence-corrected chi connectivity index (χ0v) is 8.81. The van der Waals surface area contributed by atoms with Crippen LogP contribution in [0.2, 0.25) is 0 Å². The Morgan fingerprint density at radius 2 is 2.12 bits per heavy atom. The van der Waals surface area contributed by atoms with Gasteiger partial charge in [0.15, 0.2) is 6.29 Å². The van der Waals surface area contributed by atoms with E-state index in [1.165, 1.54) is 24.3 Å². The minimum Gasteiger partial charge on any atom is -0.508 e. The van der Waals surface area contributed by atoms with Crippen molar-refractivity contribution < 1.29 is 14.7 Å². The highest BCUT2D eigenvalue weighted by atomic mass is 16.3. The third kappa shape index (κ3) is 2.52. The maximum absolute atomic E-state index is 11.7. The van der Waals surface area contributed by atoms with Crippen LogP contribution in [0.15, 0.2) is 36.4 Å². The second-order valence-corrected chi connectivity index (χ2v) is 3.45. The number of aromatic hydroxyl groups is 1. The highest BCUT2D eigenvalue weighted by Crippen LogP contribution is 2.16. The van der Waals surface area contributed by atoms with E-state index in [9.17, 15) is 14.7 Å². The van der Waals surface area contributed by atoms with E-state index in [1.54, 1.807) is 12.1 Å². The van der Waals surface area contributed by atoms with Crippen LogP contribution in [0.25, 0.3) is 0 Å². The number of benzene rings is 1. The molecular weight excluding hydrogens is 220 g/mol. The van der Waals surface area contributed by atoms with Crippen molar-refractivity contribution in [1.82, 2.24) is 4.98 Å². The molecule has 0 aliphatic carbocycles. The molecule has 0 aliphatic rings. The molecule has 0 aliphatic heterocycles. The predicted octanol–water partition coefficient (Wildman–Crippen LogP) is 1.79. The molecule has 1 aromatic carbocycles. The number of hydrogen-bond acceptors (Lipinski definition) is 3. The number of hydrogen-bond donors (Lipinski definition) is 3. The van der Waals surface area contributed by atoms with Crippen molar-refractivity contribution in [2.75, 3.05) is 5.32 Å². The molecule has 0 fully saturated rings. The Balaban J connectivity index is 2.14. The van der Waals surface area contributed by atoms with E-state index in [1.807, 2.05) is 0 Å². The largest absolute Gasteiger partial charge is 0.508 e. The Labute approximate surface area is 97.1 Å². The Hall–Kier alpha value is -2.56. The van der Waals surface area contributed by atoms with Crippen molar-refractivity contribution in [2.45, 2.75) is 0 Å². The van der Waals surface area contributed by atoms with Crippen molar-refractivity contribution in [3.63, 3.8) is 0 Å². The fourth-order valence-corrected chi connectivity index (χ4v) is 1.40. The SMILES string of the molecule is O=Cc1ccc(C(=O)Nc2cccc(O)c2)[nH]1. The maximum Gasteiger partial charge on any atom is 0.272 e. The lowest BCUT2D eigenvalue weighted by molar-refractivity contribution is 0.102. The molecule has 1 amide bonds. The first-order chi connectivity index (χ1) is 8.19. The molecule has 0 radical (unpaired) electrons. The Bertz CT molecular complexity index is 560. The highest BCUT2D eigenvalue weighted by molar-refractivity contribution is 6.03. The molecule has 1 heterocycles. The van der Waals surface area contributed by atoms with Crippen molar-refractivity contribution in [1.29, 1.82) is 0 Å². The summed E-state index contributed by atoms with van der Waals surface area (Å²) in [7, 11) is 0. The molecule has 0 unspecified atom stereocenters. The third-order valence-corrected chi connectivity index (χ3v) is 2.18. The molecule has 5 nitrogen and oxygen atoms in total. The first kappa shape index (κ1) is 10.9. The summed E-state index contributed by atoms with van der Waals surface area (Å²) in [5, 5.41) is 11.8. The summed E-state index contributed by atoms with van der Waals surface area (Å²) < 4.78 is 0. The zero-order chi connectivity index (χ0) is 12.3. The Kier molecular flexibility index (Phi) is 2.91. The summed E-state index contributed by atoms with van der Waals surface area (Å²) in [4.78, 5) is 24.8. The van der Waals surface area contributed by atoms with Crippen LogP contribution in [0.3, 0.4) is 0 Å². The van der Waals surface area contributed by atoms with E-state index in [2.05, 4.69) is 10.3 Å². The van der Waals surface area contributed by atoms with E-state index < -0.39 is 0 Å². The number of carbonyl (C=O) groups excluding carboxylic acids is 2. The number of rotatable bonds is 3. The van der Waals surface area contributed by atoms with Crippen LogP contribution in [0.5, 0.6) is 5.75 Å². The van der Waals surface area contributed by atoms with E-state index in [0.717, 1.165) is 0 Å².